The van der Waals surface area contributed by atoms with Gasteiger partial charge in [0.05, 0.1) is 0 Å². The second-order valence-electron chi connectivity index (χ2n) is 12.1. The predicted octanol–water partition coefficient (Wildman–Crippen LogP) is 6.44. The maximum Gasteiger partial charge on any atom is 0.408 e. The van der Waals surface area contributed by atoms with E-state index in [9.17, 15) is 14.4 Å². The van der Waals surface area contributed by atoms with E-state index >= 15 is 0 Å². The largest absolute Gasteiger partial charge is 0.444 e. The Labute approximate surface area is 230 Å². The molecule has 1 saturated carbocycles. The zero-order valence-corrected chi connectivity index (χ0v) is 24.8. The first-order chi connectivity index (χ1) is 17.9. The molecule has 3 amide bonds. The van der Waals surface area contributed by atoms with Crippen molar-refractivity contribution >= 4 is 17.9 Å². The van der Waals surface area contributed by atoms with Gasteiger partial charge in [0.2, 0.25) is 11.8 Å². The first-order valence-corrected chi connectivity index (χ1v) is 14.6. The highest BCUT2D eigenvalue weighted by Crippen LogP contribution is 2.28. The SMILES string of the molecule is CCCCCCN(C(=O)C(NC(=O)OC(C)(C)C)C(C)C)C(C(=O)NC1CCCCC1)c1ccccc1C. The van der Waals surface area contributed by atoms with Gasteiger partial charge in [0.15, 0.2) is 0 Å². The lowest BCUT2D eigenvalue weighted by Crippen LogP contribution is -2.55. The molecule has 7 nitrogen and oxygen atoms in total. The Morgan fingerprint density at radius 2 is 1.68 bits per heavy atom. The van der Waals surface area contributed by atoms with Gasteiger partial charge in [0.25, 0.3) is 0 Å². The Balaban J connectivity index is 2.45. The fourth-order valence-corrected chi connectivity index (χ4v) is 5.07. The average Bonchev–Trinajstić information content (AvgIpc) is 2.84. The van der Waals surface area contributed by atoms with E-state index in [1.807, 2.05) is 45.0 Å². The highest BCUT2D eigenvalue weighted by molar-refractivity contribution is 5.92. The molecule has 0 radical (unpaired) electrons. The molecule has 0 aliphatic heterocycles. The van der Waals surface area contributed by atoms with Crippen LogP contribution in [0.5, 0.6) is 0 Å². The highest BCUT2D eigenvalue weighted by Gasteiger charge is 2.38. The molecule has 38 heavy (non-hydrogen) atoms. The second kappa shape index (κ2) is 15.1. The summed E-state index contributed by atoms with van der Waals surface area (Å²) in [6.07, 6.45) is 8.60. The molecule has 1 aromatic carbocycles. The van der Waals surface area contributed by atoms with Gasteiger partial charge < -0.3 is 20.3 Å². The number of hydrogen-bond donors (Lipinski definition) is 2. The highest BCUT2D eigenvalue weighted by atomic mass is 16.6. The molecule has 2 atom stereocenters. The summed E-state index contributed by atoms with van der Waals surface area (Å²) in [5, 5.41) is 6.09. The topological polar surface area (TPSA) is 87.7 Å². The molecular formula is C31H51N3O4. The molecule has 1 aliphatic rings. The van der Waals surface area contributed by atoms with Crippen LogP contribution in [0.1, 0.15) is 116 Å². The molecule has 2 unspecified atom stereocenters. The Bertz CT molecular complexity index is 903. The van der Waals surface area contributed by atoms with Crippen LogP contribution < -0.4 is 10.6 Å². The van der Waals surface area contributed by atoms with Gasteiger partial charge in [-0.1, -0.05) is 83.6 Å². The van der Waals surface area contributed by atoms with Crippen LogP contribution in [0.2, 0.25) is 0 Å². The van der Waals surface area contributed by atoms with Gasteiger partial charge in [-0.3, -0.25) is 9.59 Å². The van der Waals surface area contributed by atoms with Crippen LogP contribution in [0.3, 0.4) is 0 Å². The number of benzene rings is 1. The van der Waals surface area contributed by atoms with Crippen molar-refractivity contribution in [1.29, 1.82) is 0 Å². The van der Waals surface area contributed by atoms with Gasteiger partial charge in [-0.25, -0.2) is 4.79 Å². The summed E-state index contributed by atoms with van der Waals surface area (Å²) in [4.78, 5) is 42.6. The smallest absolute Gasteiger partial charge is 0.408 e. The van der Waals surface area contributed by atoms with Crippen molar-refractivity contribution in [3.05, 3.63) is 35.4 Å². The number of carbonyl (C=O) groups is 3. The average molecular weight is 530 g/mol. The zero-order chi connectivity index (χ0) is 28.3. The number of alkyl carbamates (subject to hydrolysis) is 1. The van der Waals surface area contributed by atoms with E-state index in [4.69, 9.17) is 4.74 Å². The van der Waals surface area contributed by atoms with Crippen LogP contribution in [0, 0.1) is 12.8 Å². The molecule has 2 rings (SSSR count). The first kappa shape index (κ1) is 31.6. The van der Waals surface area contributed by atoms with Gasteiger partial charge in [-0.05, 0) is 64.0 Å². The number of hydrogen-bond acceptors (Lipinski definition) is 4. The number of nitrogens with zero attached hydrogens (tertiary/aromatic N) is 1. The van der Waals surface area contributed by atoms with Crippen molar-refractivity contribution in [3.8, 4) is 0 Å². The van der Waals surface area contributed by atoms with Crippen molar-refractivity contribution in [1.82, 2.24) is 15.5 Å². The summed E-state index contributed by atoms with van der Waals surface area (Å²) in [5.74, 6) is -0.587. The molecule has 1 aromatic rings. The van der Waals surface area contributed by atoms with Crippen molar-refractivity contribution in [2.75, 3.05) is 6.54 Å². The molecule has 0 bridgehead atoms. The van der Waals surface area contributed by atoms with Crippen molar-refractivity contribution in [2.24, 2.45) is 5.92 Å². The minimum atomic E-state index is -0.815. The minimum absolute atomic E-state index is 0.126. The Morgan fingerprint density at radius 3 is 2.26 bits per heavy atom. The quantitative estimate of drug-likeness (QED) is 0.305. The van der Waals surface area contributed by atoms with E-state index in [1.165, 1.54) is 6.42 Å². The lowest BCUT2D eigenvalue weighted by Gasteiger charge is -2.37. The Morgan fingerprint density at radius 1 is 1.03 bits per heavy atom. The van der Waals surface area contributed by atoms with Gasteiger partial charge in [-0.15, -0.1) is 0 Å². The maximum atomic E-state index is 14.2. The zero-order valence-electron chi connectivity index (χ0n) is 24.8. The van der Waals surface area contributed by atoms with Gasteiger partial charge in [0, 0.05) is 12.6 Å². The van der Waals surface area contributed by atoms with E-state index in [-0.39, 0.29) is 23.8 Å². The fraction of sp³-hybridized carbons (Fsp3) is 0.710. The number of unbranched alkanes of at least 4 members (excludes halogenated alkanes) is 3. The van der Waals surface area contributed by atoms with Crippen LogP contribution in [-0.2, 0) is 14.3 Å². The van der Waals surface area contributed by atoms with E-state index in [0.717, 1.165) is 62.5 Å². The summed E-state index contributed by atoms with van der Waals surface area (Å²) in [6.45, 7) is 13.8. The van der Waals surface area contributed by atoms with E-state index in [0.29, 0.717) is 6.54 Å². The molecule has 0 aromatic heterocycles. The predicted molar refractivity (Wildman–Crippen MR) is 153 cm³/mol. The third-order valence-corrected chi connectivity index (χ3v) is 7.14. The summed E-state index contributed by atoms with van der Waals surface area (Å²) < 4.78 is 5.47. The van der Waals surface area contributed by atoms with E-state index in [2.05, 4.69) is 17.6 Å². The molecule has 1 fully saturated rings. The first-order valence-electron chi connectivity index (χ1n) is 14.6. The fourth-order valence-electron chi connectivity index (χ4n) is 5.07. The Hall–Kier alpha value is -2.57. The molecule has 0 heterocycles. The standard InChI is InChI=1S/C31H51N3O4/c1-8-9-10-16-21-34(29(36)26(22(2)3)33-30(37)38-31(5,6)7)27(25-20-15-14-17-23(25)4)28(35)32-24-18-12-11-13-19-24/h14-15,17,20,22,24,26-27H,8-13,16,18-19,21H2,1-7H3,(H,32,35)(H,33,37). The molecule has 2 N–H and O–H groups in total. The number of amides is 3. The monoisotopic (exact) mass is 529 g/mol. The summed E-state index contributed by atoms with van der Waals surface area (Å²) in [6, 6.07) is 6.33. The third-order valence-electron chi connectivity index (χ3n) is 7.14. The number of ether oxygens (including phenoxy) is 1. The van der Waals surface area contributed by atoms with E-state index < -0.39 is 23.8 Å². The van der Waals surface area contributed by atoms with Crippen LogP contribution in [0.15, 0.2) is 24.3 Å². The summed E-state index contributed by atoms with van der Waals surface area (Å²) in [5.41, 5.74) is 1.10. The van der Waals surface area contributed by atoms with Crippen molar-refractivity contribution in [3.63, 3.8) is 0 Å². The molecule has 1 aliphatic carbocycles. The molecule has 7 heteroatoms. The maximum absolute atomic E-state index is 14.2. The van der Waals surface area contributed by atoms with Crippen LogP contribution in [0.25, 0.3) is 0 Å². The van der Waals surface area contributed by atoms with Crippen molar-refractivity contribution < 1.29 is 19.1 Å². The molecular weight excluding hydrogens is 478 g/mol. The van der Waals surface area contributed by atoms with Crippen LogP contribution in [-0.4, -0.2) is 47.0 Å². The Kier molecular flexibility index (Phi) is 12.6. The minimum Gasteiger partial charge on any atom is -0.444 e. The van der Waals surface area contributed by atoms with Gasteiger partial charge >= 0.3 is 6.09 Å². The molecule has 0 spiro atoms. The van der Waals surface area contributed by atoms with Crippen LogP contribution >= 0.6 is 0 Å². The summed E-state index contributed by atoms with van der Waals surface area (Å²) in [7, 11) is 0. The molecule has 0 saturated heterocycles. The lowest BCUT2D eigenvalue weighted by molar-refractivity contribution is -0.143. The normalized spacial score (nSPS) is 16.0. The lowest BCUT2D eigenvalue weighted by atomic mass is 9.93. The molecule has 214 valence electrons. The van der Waals surface area contributed by atoms with Crippen molar-refractivity contribution in [2.45, 2.75) is 130 Å². The van der Waals surface area contributed by atoms with Gasteiger partial charge in [-0.2, -0.15) is 0 Å². The second-order valence-corrected chi connectivity index (χ2v) is 12.1. The number of carbonyl (C=O) groups excluding carboxylic acids is 3. The van der Waals surface area contributed by atoms with Gasteiger partial charge in [0.1, 0.15) is 17.7 Å². The summed E-state index contributed by atoms with van der Waals surface area (Å²) >= 11 is 0. The van der Waals surface area contributed by atoms with E-state index in [1.54, 1.807) is 25.7 Å². The third kappa shape index (κ3) is 9.95. The number of rotatable bonds is 12. The van der Waals surface area contributed by atoms with Crippen LogP contribution in [0.4, 0.5) is 4.79 Å². The number of nitrogens with one attached hydrogen (secondary N) is 2. The number of aryl methyl sites for hydroxylation is 1.